The fraction of sp³-hybridized carbons (Fsp3) is 0.800. The van der Waals surface area contributed by atoms with Crippen molar-refractivity contribution in [2.24, 2.45) is 0 Å². The molecule has 1 fully saturated rings. The summed E-state index contributed by atoms with van der Waals surface area (Å²) in [5.74, 6) is 2.24. The first kappa shape index (κ1) is 11.2. The average Bonchev–Trinajstić information content (AvgIpc) is 2.75. The maximum Gasteiger partial charge on any atom is 0.195 e. The van der Waals surface area contributed by atoms with Crippen LogP contribution in [0.4, 0.5) is 0 Å². The van der Waals surface area contributed by atoms with Gasteiger partial charge in [-0.05, 0) is 44.2 Å². The van der Waals surface area contributed by atoms with Crippen LogP contribution >= 0.6 is 24.0 Å². The molecule has 1 aliphatic carbocycles. The van der Waals surface area contributed by atoms with Crippen molar-refractivity contribution in [2.45, 2.75) is 44.4 Å². The van der Waals surface area contributed by atoms with E-state index in [1.165, 1.54) is 25.0 Å². The van der Waals surface area contributed by atoms with Gasteiger partial charge in [0.25, 0.3) is 0 Å². The summed E-state index contributed by atoms with van der Waals surface area (Å²) in [6, 6.07) is 0.570. The molecule has 0 spiro atoms. The summed E-state index contributed by atoms with van der Waals surface area (Å²) in [5.41, 5.74) is 0. The lowest BCUT2D eigenvalue weighted by Crippen LogP contribution is -2.08. The molecule has 0 radical (unpaired) electrons. The van der Waals surface area contributed by atoms with Crippen molar-refractivity contribution >= 4 is 24.0 Å². The molecule has 1 saturated carbocycles. The fourth-order valence-electron chi connectivity index (χ4n) is 2.35. The monoisotopic (exact) mass is 243 g/mol. The van der Waals surface area contributed by atoms with Gasteiger partial charge in [0.15, 0.2) is 4.77 Å². The van der Waals surface area contributed by atoms with Gasteiger partial charge in [-0.15, -0.1) is 0 Å². The first-order chi connectivity index (χ1) is 7.22. The molecule has 0 amide bonds. The van der Waals surface area contributed by atoms with E-state index >= 15 is 0 Å². The summed E-state index contributed by atoms with van der Waals surface area (Å²) in [4.78, 5) is 0. The number of hydrogen-bond acceptors (Lipinski definition) is 3. The number of H-pyrrole nitrogens is 1. The Labute approximate surface area is 99.7 Å². The second-order valence-electron chi connectivity index (χ2n) is 3.99. The Hall–Kier alpha value is -0.290. The smallest absolute Gasteiger partial charge is 0.195 e. The van der Waals surface area contributed by atoms with Crippen LogP contribution in [0.5, 0.6) is 0 Å². The summed E-state index contributed by atoms with van der Waals surface area (Å²) in [7, 11) is 0. The average molecular weight is 243 g/mol. The number of nitrogens with one attached hydrogen (secondary N) is 1. The number of aromatic nitrogens is 3. The summed E-state index contributed by atoms with van der Waals surface area (Å²) in [6.07, 6.45) is 3.80. The normalized spacial score (nSPS) is 26.0. The lowest BCUT2D eigenvalue weighted by Gasteiger charge is -2.13. The SMILES string of the molecule is CCSC1CCC(n2c(C)n[nH]c2=S)C1. The maximum atomic E-state index is 5.25. The molecular formula is C10H17N3S2. The summed E-state index contributed by atoms with van der Waals surface area (Å²) < 4.78 is 2.96. The minimum Gasteiger partial charge on any atom is -0.301 e. The summed E-state index contributed by atoms with van der Waals surface area (Å²) >= 11 is 7.32. The Morgan fingerprint density at radius 2 is 2.40 bits per heavy atom. The van der Waals surface area contributed by atoms with Crippen LogP contribution in [-0.4, -0.2) is 25.8 Å². The van der Waals surface area contributed by atoms with Crippen LogP contribution in [0, 0.1) is 11.7 Å². The van der Waals surface area contributed by atoms with Crippen molar-refractivity contribution in [3.05, 3.63) is 10.6 Å². The standard InChI is InChI=1S/C10H17N3S2/c1-3-15-9-5-4-8(6-9)13-7(2)11-12-10(13)14/h8-9H,3-6H2,1-2H3,(H,12,14). The Morgan fingerprint density at radius 3 is 3.00 bits per heavy atom. The third-order valence-corrected chi connectivity index (χ3v) is 4.53. The largest absolute Gasteiger partial charge is 0.301 e. The molecule has 2 unspecified atom stereocenters. The first-order valence-electron chi connectivity index (χ1n) is 5.47. The van der Waals surface area contributed by atoms with Crippen LogP contribution in [0.2, 0.25) is 0 Å². The molecule has 0 saturated heterocycles. The lowest BCUT2D eigenvalue weighted by atomic mass is 10.2. The summed E-state index contributed by atoms with van der Waals surface area (Å²) in [5, 5.41) is 7.86. The van der Waals surface area contributed by atoms with E-state index in [9.17, 15) is 0 Å². The van der Waals surface area contributed by atoms with Gasteiger partial charge in [-0.2, -0.15) is 16.9 Å². The fourth-order valence-corrected chi connectivity index (χ4v) is 3.81. The van der Waals surface area contributed by atoms with Gasteiger partial charge < -0.3 is 4.57 Å². The third kappa shape index (κ3) is 2.28. The van der Waals surface area contributed by atoms with Crippen molar-refractivity contribution in [3.8, 4) is 0 Å². The minimum atomic E-state index is 0.570. The highest BCUT2D eigenvalue weighted by Crippen LogP contribution is 2.37. The second-order valence-corrected chi connectivity index (χ2v) is 5.95. The highest BCUT2D eigenvalue weighted by molar-refractivity contribution is 7.99. The molecule has 1 heterocycles. The van der Waals surface area contributed by atoms with Crippen molar-refractivity contribution in [3.63, 3.8) is 0 Å². The molecule has 1 N–H and O–H groups in total. The highest BCUT2D eigenvalue weighted by atomic mass is 32.2. The van der Waals surface area contributed by atoms with E-state index < -0.39 is 0 Å². The molecule has 3 nitrogen and oxygen atoms in total. The van der Waals surface area contributed by atoms with Crippen LogP contribution in [0.3, 0.4) is 0 Å². The number of thioether (sulfide) groups is 1. The van der Waals surface area contributed by atoms with E-state index in [4.69, 9.17) is 12.2 Å². The van der Waals surface area contributed by atoms with Crippen LogP contribution < -0.4 is 0 Å². The van der Waals surface area contributed by atoms with Crippen molar-refractivity contribution in [1.82, 2.24) is 14.8 Å². The Kier molecular flexibility index (Phi) is 3.51. The van der Waals surface area contributed by atoms with Gasteiger partial charge in [0, 0.05) is 11.3 Å². The molecular weight excluding hydrogens is 226 g/mol. The Morgan fingerprint density at radius 1 is 1.60 bits per heavy atom. The molecule has 0 bridgehead atoms. The van der Waals surface area contributed by atoms with Crippen molar-refractivity contribution in [1.29, 1.82) is 0 Å². The quantitative estimate of drug-likeness (QED) is 0.828. The molecule has 0 aliphatic heterocycles. The summed E-state index contributed by atoms with van der Waals surface area (Å²) in [6.45, 7) is 4.25. The molecule has 1 aliphatic rings. The third-order valence-electron chi connectivity index (χ3n) is 3.01. The number of nitrogens with zero attached hydrogens (tertiary/aromatic N) is 2. The number of rotatable bonds is 3. The maximum absolute atomic E-state index is 5.25. The lowest BCUT2D eigenvalue weighted by molar-refractivity contribution is 0.501. The number of aromatic amines is 1. The molecule has 15 heavy (non-hydrogen) atoms. The predicted octanol–water partition coefficient (Wildman–Crippen LogP) is 3.10. The van der Waals surface area contributed by atoms with E-state index in [-0.39, 0.29) is 0 Å². The van der Waals surface area contributed by atoms with E-state index in [0.717, 1.165) is 15.8 Å². The van der Waals surface area contributed by atoms with E-state index in [1.807, 2.05) is 6.92 Å². The number of hydrogen-bond donors (Lipinski definition) is 1. The molecule has 2 rings (SSSR count). The predicted molar refractivity (Wildman–Crippen MR) is 67.0 cm³/mol. The molecule has 1 aromatic rings. The van der Waals surface area contributed by atoms with Crippen LogP contribution in [0.25, 0.3) is 0 Å². The minimum absolute atomic E-state index is 0.570. The van der Waals surface area contributed by atoms with Gasteiger partial charge in [0.1, 0.15) is 5.82 Å². The molecule has 2 atom stereocenters. The molecule has 1 aromatic heterocycles. The van der Waals surface area contributed by atoms with E-state index in [1.54, 1.807) is 0 Å². The van der Waals surface area contributed by atoms with E-state index in [2.05, 4.69) is 33.5 Å². The molecule has 84 valence electrons. The van der Waals surface area contributed by atoms with Gasteiger partial charge in [-0.3, -0.25) is 5.10 Å². The topological polar surface area (TPSA) is 33.6 Å². The van der Waals surface area contributed by atoms with Gasteiger partial charge in [0.2, 0.25) is 0 Å². The Balaban J connectivity index is 2.11. The van der Waals surface area contributed by atoms with Crippen LogP contribution in [-0.2, 0) is 0 Å². The zero-order chi connectivity index (χ0) is 10.8. The van der Waals surface area contributed by atoms with Gasteiger partial charge in [-0.1, -0.05) is 6.92 Å². The van der Waals surface area contributed by atoms with Crippen LogP contribution in [0.1, 0.15) is 38.1 Å². The highest BCUT2D eigenvalue weighted by Gasteiger charge is 2.27. The van der Waals surface area contributed by atoms with Gasteiger partial charge in [0.05, 0.1) is 0 Å². The zero-order valence-electron chi connectivity index (χ0n) is 9.19. The van der Waals surface area contributed by atoms with Crippen molar-refractivity contribution in [2.75, 3.05) is 5.75 Å². The van der Waals surface area contributed by atoms with Crippen LogP contribution in [0.15, 0.2) is 0 Å². The molecule has 0 aromatic carbocycles. The van der Waals surface area contributed by atoms with Gasteiger partial charge >= 0.3 is 0 Å². The number of aryl methyl sites for hydroxylation is 1. The molecule has 5 heteroatoms. The first-order valence-corrected chi connectivity index (χ1v) is 6.93. The zero-order valence-corrected chi connectivity index (χ0v) is 10.8. The van der Waals surface area contributed by atoms with Crippen molar-refractivity contribution < 1.29 is 0 Å². The Bertz CT molecular complexity index is 382. The second kappa shape index (κ2) is 4.70. The van der Waals surface area contributed by atoms with E-state index in [0.29, 0.717) is 6.04 Å². The van der Waals surface area contributed by atoms with Gasteiger partial charge in [-0.25, -0.2) is 0 Å².